The van der Waals surface area contributed by atoms with Crippen LogP contribution < -0.4 is 5.32 Å². The van der Waals surface area contributed by atoms with Crippen LogP contribution in [0.3, 0.4) is 0 Å². The van der Waals surface area contributed by atoms with Crippen LogP contribution in [0.2, 0.25) is 0 Å². The molecule has 0 radical (unpaired) electrons. The first-order chi connectivity index (χ1) is 7.26. The van der Waals surface area contributed by atoms with Crippen molar-refractivity contribution >= 4 is 5.91 Å². The smallest absolute Gasteiger partial charge is 0.254 e. The van der Waals surface area contributed by atoms with E-state index in [9.17, 15) is 4.79 Å². The van der Waals surface area contributed by atoms with Gasteiger partial charge in [-0.2, -0.15) is 0 Å². The Morgan fingerprint density at radius 1 is 1.40 bits per heavy atom. The third-order valence-corrected chi connectivity index (χ3v) is 1.60. The maximum atomic E-state index is 11.2. The topological polar surface area (TPSA) is 42.2 Å². The Morgan fingerprint density at radius 3 is 2.53 bits per heavy atom. The van der Waals surface area contributed by atoms with Crippen LogP contribution >= 0.6 is 0 Å². The SMILES string of the molecule is CCC.CCCCNC(=O)c1ccoc1. The van der Waals surface area contributed by atoms with Crippen molar-refractivity contribution in [1.29, 1.82) is 0 Å². The molecule has 15 heavy (non-hydrogen) atoms. The minimum Gasteiger partial charge on any atom is -0.472 e. The van der Waals surface area contributed by atoms with Crippen molar-refractivity contribution in [2.75, 3.05) is 6.54 Å². The lowest BCUT2D eigenvalue weighted by molar-refractivity contribution is 0.0952. The zero-order valence-electron chi connectivity index (χ0n) is 9.88. The molecule has 3 nitrogen and oxygen atoms in total. The van der Waals surface area contributed by atoms with Crippen molar-refractivity contribution in [3.8, 4) is 0 Å². The Bertz CT molecular complexity index is 242. The van der Waals surface area contributed by atoms with Gasteiger partial charge in [0.05, 0.1) is 11.8 Å². The van der Waals surface area contributed by atoms with Crippen molar-refractivity contribution < 1.29 is 9.21 Å². The summed E-state index contributed by atoms with van der Waals surface area (Å²) in [5.74, 6) is -0.0581. The molecule has 0 atom stereocenters. The Kier molecular flexibility index (Phi) is 8.53. The van der Waals surface area contributed by atoms with Gasteiger partial charge in [0.25, 0.3) is 5.91 Å². The summed E-state index contributed by atoms with van der Waals surface area (Å²) in [5, 5.41) is 2.79. The summed E-state index contributed by atoms with van der Waals surface area (Å²) in [5.41, 5.74) is 0.589. The molecule has 0 aliphatic rings. The number of hydrogen-bond acceptors (Lipinski definition) is 2. The van der Waals surface area contributed by atoms with Crippen LogP contribution in [-0.2, 0) is 0 Å². The van der Waals surface area contributed by atoms with E-state index in [0.29, 0.717) is 5.56 Å². The molecule has 3 heteroatoms. The molecule has 1 amide bonds. The van der Waals surface area contributed by atoms with E-state index in [1.165, 1.54) is 18.9 Å². The van der Waals surface area contributed by atoms with Gasteiger partial charge in [-0.1, -0.05) is 33.6 Å². The van der Waals surface area contributed by atoms with Gasteiger partial charge in [0.15, 0.2) is 0 Å². The Morgan fingerprint density at radius 2 is 2.07 bits per heavy atom. The number of rotatable bonds is 4. The van der Waals surface area contributed by atoms with Crippen molar-refractivity contribution in [2.45, 2.75) is 40.0 Å². The van der Waals surface area contributed by atoms with Crippen molar-refractivity contribution in [2.24, 2.45) is 0 Å². The predicted octanol–water partition coefficient (Wildman–Crippen LogP) is 3.23. The van der Waals surface area contributed by atoms with Gasteiger partial charge in [0, 0.05) is 6.54 Å². The third-order valence-electron chi connectivity index (χ3n) is 1.60. The lowest BCUT2D eigenvalue weighted by Gasteiger charge is -2.00. The molecule has 0 fully saturated rings. The molecule has 86 valence electrons. The zero-order valence-corrected chi connectivity index (χ0v) is 9.88. The summed E-state index contributed by atoms with van der Waals surface area (Å²) in [6, 6.07) is 1.65. The van der Waals surface area contributed by atoms with Gasteiger partial charge in [0.2, 0.25) is 0 Å². The molecule has 0 unspecified atom stereocenters. The number of carbonyl (C=O) groups excluding carboxylic acids is 1. The second-order valence-corrected chi connectivity index (χ2v) is 3.33. The lowest BCUT2D eigenvalue weighted by Crippen LogP contribution is -2.23. The molecule has 0 saturated carbocycles. The van der Waals surface area contributed by atoms with Crippen LogP contribution in [0.4, 0.5) is 0 Å². The van der Waals surface area contributed by atoms with Crippen LogP contribution in [-0.4, -0.2) is 12.5 Å². The first-order valence-corrected chi connectivity index (χ1v) is 5.56. The quantitative estimate of drug-likeness (QED) is 0.777. The van der Waals surface area contributed by atoms with E-state index in [1.807, 2.05) is 0 Å². The number of furan rings is 1. The first-order valence-electron chi connectivity index (χ1n) is 5.56. The maximum absolute atomic E-state index is 11.2. The monoisotopic (exact) mass is 211 g/mol. The van der Waals surface area contributed by atoms with Crippen molar-refractivity contribution in [3.05, 3.63) is 24.2 Å². The first kappa shape index (κ1) is 13.8. The standard InChI is InChI=1S/C9H13NO2.C3H8/c1-2-3-5-10-9(11)8-4-6-12-7-8;1-3-2/h4,6-7H,2-3,5H2,1H3,(H,10,11);3H2,1-2H3. The summed E-state index contributed by atoms with van der Waals surface area (Å²) >= 11 is 0. The second-order valence-electron chi connectivity index (χ2n) is 3.33. The van der Waals surface area contributed by atoms with Gasteiger partial charge in [0.1, 0.15) is 6.26 Å². The number of carbonyl (C=O) groups is 1. The van der Waals surface area contributed by atoms with Gasteiger partial charge in [-0.05, 0) is 12.5 Å². The molecule has 1 heterocycles. The fourth-order valence-corrected chi connectivity index (χ4v) is 0.874. The zero-order chi connectivity index (χ0) is 11.5. The lowest BCUT2D eigenvalue weighted by atomic mass is 10.3. The minimum atomic E-state index is -0.0581. The van der Waals surface area contributed by atoms with Crippen molar-refractivity contribution in [1.82, 2.24) is 5.32 Å². The maximum Gasteiger partial charge on any atom is 0.254 e. The van der Waals surface area contributed by atoms with Crippen LogP contribution in [0.15, 0.2) is 23.0 Å². The average Bonchev–Trinajstić information content (AvgIpc) is 2.72. The van der Waals surface area contributed by atoms with Crippen LogP contribution in [0.1, 0.15) is 50.4 Å². The number of amides is 1. The Balaban J connectivity index is 0.000000583. The number of unbranched alkanes of at least 4 members (excludes halogenated alkanes) is 1. The molecule has 0 aromatic carbocycles. The van der Waals surface area contributed by atoms with E-state index in [4.69, 9.17) is 4.42 Å². The normalized spacial score (nSPS) is 9.00. The van der Waals surface area contributed by atoms with Gasteiger partial charge in [-0.15, -0.1) is 0 Å². The van der Waals surface area contributed by atoms with E-state index < -0.39 is 0 Å². The fraction of sp³-hybridized carbons (Fsp3) is 0.583. The van der Waals surface area contributed by atoms with Gasteiger partial charge >= 0.3 is 0 Å². The van der Waals surface area contributed by atoms with E-state index in [2.05, 4.69) is 26.1 Å². The van der Waals surface area contributed by atoms with Crippen LogP contribution in [0.5, 0.6) is 0 Å². The van der Waals surface area contributed by atoms with E-state index in [-0.39, 0.29) is 5.91 Å². The Labute approximate surface area is 91.9 Å². The van der Waals surface area contributed by atoms with Crippen LogP contribution in [0.25, 0.3) is 0 Å². The van der Waals surface area contributed by atoms with Gasteiger partial charge in [-0.25, -0.2) is 0 Å². The van der Waals surface area contributed by atoms with E-state index >= 15 is 0 Å². The summed E-state index contributed by atoms with van der Waals surface area (Å²) in [7, 11) is 0. The molecule has 1 N–H and O–H groups in total. The molecule has 0 aliphatic heterocycles. The average molecular weight is 211 g/mol. The van der Waals surface area contributed by atoms with Crippen LogP contribution in [0, 0.1) is 0 Å². The molecule has 1 rings (SSSR count). The van der Waals surface area contributed by atoms with E-state index in [1.54, 1.807) is 6.07 Å². The molecule has 1 aromatic heterocycles. The minimum absolute atomic E-state index is 0.0581. The fourth-order valence-electron chi connectivity index (χ4n) is 0.874. The van der Waals surface area contributed by atoms with Crippen molar-refractivity contribution in [3.63, 3.8) is 0 Å². The predicted molar refractivity (Wildman–Crippen MR) is 61.9 cm³/mol. The highest BCUT2D eigenvalue weighted by atomic mass is 16.3. The summed E-state index contributed by atoms with van der Waals surface area (Å²) < 4.78 is 4.78. The van der Waals surface area contributed by atoms with Gasteiger partial charge < -0.3 is 9.73 Å². The molecule has 1 aromatic rings. The number of hydrogen-bond donors (Lipinski definition) is 1. The summed E-state index contributed by atoms with van der Waals surface area (Å²) in [6.07, 6.45) is 6.30. The summed E-state index contributed by atoms with van der Waals surface area (Å²) in [6.45, 7) is 7.07. The third kappa shape index (κ3) is 6.77. The molecular formula is C12H21NO2. The highest BCUT2D eigenvalue weighted by Crippen LogP contribution is 1.98. The number of nitrogens with one attached hydrogen (secondary N) is 1. The molecule has 0 spiro atoms. The largest absolute Gasteiger partial charge is 0.472 e. The second kappa shape index (κ2) is 9.31. The van der Waals surface area contributed by atoms with E-state index in [0.717, 1.165) is 19.4 Å². The summed E-state index contributed by atoms with van der Waals surface area (Å²) in [4.78, 5) is 11.2. The van der Waals surface area contributed by atoms with Gasteiger partial charge in [-0.3, -0.25) is 4.79 Å². The molecule has 0 saturated heterocycles. The molecule has 0 bridgehead atoms. The highest BCUT2D eigenvalue weighted by Gasteiger charge is 2.04. The Hall–Kier alpha value is -1.25. The highest BCUT2D eigenvalue weighted by molar-refractivity contribution is 5.93. The molecular weight excluding hydrogens is 190 g/mol. The molecule has 0 aliphatic carbocycles.